The molecule has 4 saturated heterocycles. The molecule has 0 N–H and O–H groups in total. The van der Waals surface area contributed by atoms with Crippen LogP contribution < -0.4 is 9.80 Å². The lowest BCUT2D eigenvalue weighted by Crippen LogP contribution is -2.51. The third kappa shape index (κ3) is 2.65. The van der Waals surface area contributed by atoms with Crippen molar-refractivity contribution in [1.29, 1.82) is 0 Å². The number of hydrogen-bond donors (Lipinski definition) is 0. The molecule has 1 aromatic rings. The van der Waals surface area contributed by atoms with Crippen LogP contribution >= 0.6 is 0 Å². The molecule has 5 heterocycles. The molecule has 0 spiro atoms. The number of hydrogen-bond acceptors (Lipinski definition) is 6. The Morgan fingerprint density at radius 3 is 1.79 bits per heavy atom. The second-order valence-electron chi connectivity index (χ2n) is 7.79. The zero-order chi connectivity index (χ0) is 15.9. The average Bonchev–Trinajstić information content (AvgIpc) is 3.29. The van der Waals surface area contributed by atoms with Crippen LogP contribution in [0.4, 0.5) is 11.6 Å². The average molecular weight is 328 g/mol. The van der Waals surface area contributed by atoms with Crippen molar-refractivity contribution in [3.63, 3.8) is 0 Å². The first-order chi connectivity index (χ1) is 11.9. The van der Waals surface area contributed by atoms with E-state index in [1.807, 2.05) is 0 Å². The Morgan fingerprint density at radius 2 is 1.25 bits per heavy atom. The Hall–Kier alpha value is -1.40. The predicted molar refractivity (Wildman–Crippen MR) is 95.6 cm³/mol. The van der Waals surface area contributed by atoms with Gasteiger partial charge in [-0.15, -0.1) is 0 Å². The van der Waals surface area contributed by atoms with Gasteiger partial charge in [0, 0.05) is 57.4 Å². The van der Waals surface area contributed by atoms with Crippen molar-refractivity contribution in [2.75, 3.05) is 62.2 Å². The van der Waals surface area contributed by atoms with Crippen molar-refractivity contribution < 1.29 is 0 Å². The van der Waals surface area contributed by atoms with E-state index in [0.717, 1.165) is 49.9 Å². The molecule has 6 nitrogen and oxygen atoms in total. The maximum atomic E-state index is 4.60. The molecule has 0 aromatic carbocycles. The Bertz CT molecular complexity index is 545. The zero-order valence-corrected chi connectivity index (χ0v) is 14.5. The van der Waals surface area contributed by atoms with E-state index >= 15 is 0 Å². The van der Waals surface area contributed by atoms with Crippen LogP contribution in [0, 0.1) is 0 Å². The largest absolute Gasteiger partial charge is 0.354 e. The second-order valence-corrected chi connectivity index (χ2v) is 7.79. The van der Waals surface area contributed by atoms with Crippen LogP contribution in [0.1, 0.15) is 25.7 Å². The van der Waals surface area contributed by atoms with Crippen LogP contribution in [0.5, 0.6) is 0 Å². The van der Waals surface area contributed by atoms with Crippen molar-refractivity contribution >= 4 is 11.6 Å². The first-order valence-corrected chi connectivity index (χ1v) is 9.67. The minimum atomic E-state index is 0.735. The van der Waals surface area contributed by atoms with Gasteiger partial charge in [-0.25, -0.2) is 9.97 Å². The molecular formula is C18H28N6. The van der Waals surface area contributed by atoms with Gasteiger partial charge in [0.25, 0.3) is 0 Å². The van der Waals surface area contributed by atoms with Gasteiger partial charge in [0.15, 0.2) is 0 Å². The number of anilines is 2. The zero-order valence-electron chi connectivity index (χ0n) is 14.5. The van der Waals surface area contributed by atoms with Crippen molar-refractivity contribution in [1.82, 2.24) is 19.8 Å². The maximum Gasteiger partial charge on any atom is 0.134 e. The summed E-state index contributed by atoms with van der Waals surface area (Å²) < 4.78 is 0. The second kappa shape index (κ2) is 6.15. The Kier molecular flexibility index (Phi) is 3.82. The van der Waals surface area contributed by atoms with Crippen molar-refractivity contribution in [2.24, 2.45) is 0 Å². The quantitative estimate of drug-likeness (QED) is 0.808. The fourth-order valence-corrected chi connectivity index (χ4v) is 5.08. The van der Waals surface area contributed by atoms with Crippen molar-refractivity contribution in [2.45, 2.75) is 37.8 Å². The summed E-state index contributed by atoms with van der Waals surface area (Å²) >= 11 is 0. The van der Waals surface area contributed by atoms with E-state index in [1.54, 1.807) is 6.33 Å². The molecule has 0 bridgehead atoms. The lowest BCUT2D eigenvalue weighted by atomic mass is 10.1. The number of nitrogens with zero attached hydrogens (tertiary/aromatic N) is 6. The molecule has 130 valence electrons. The molecule has 0 unspecified atom stereocenters. The number of piperazine rings is 2. The van der Waals surface area contributed by atoms with Gasteiger partial charge in [-0.1, -0.05) is 0 Å². The molecule has 4 fully saturated rings. The summed E-state index contributed by atoms with van der Waals surface area (Å²) in [4.78, 5) is 19.4. The molecule has 0 aliphatic carbocycles. The molecule has 2 atom stereocenters. The fourth-order valence-electron chi connectivity index (χ4n) is 5.08. The maximum absolute atomic E-state index is 4.60. The summed E-state index contributed by atoms with van der Waals surface area (Å²) in [6.45, 7) is 9.42. The lowest BCUT2D eigenvalue weighted by molar-refractivity contribution is 0.229. The van der Waals surface area contributed by atoms with Crippen LogP contribution in [-0.2, 0) is 0 Å². The molecule has 1 aromatic heterocycles. The number of aromatic nitrogens is 2. The topological polar surface area (TPSA) is 38.7 Å². The third-order valence-electron chi connectivity index (χ3n) is 6.46. The standard InChI is InChI=1S/C18H28N6/c1-3-15-12-23(9-7-21(15)5-1)17-11-18(20-14-19-17)24-10-8-22-6-2-4-16(22)13-24/h11,14-16H,1-10,12-13H2/t15-,16-/m1/s1. The van der Waals surface area contributed by atoms with Gasteiger partial charge in [0.2, 0.25) is 0 Å². The molecule has 0 saturated carbocycles. The van der Waals surface area contributed by atoms with Crippen molar-refractivity contribution in [3.05, 3.63) is 12.4 Å². The predicted octanol–water partition coefficient (Wildman–Crippen LogP) is 1.05. The van der Waals surface area contributed by atoms with E-state index in [0.29, 0.717) is 0 Å². The van der Waals surface area contributed by atoms with Crippen LogP contribution in [0.25, 0.3) is 0 Å². The summed E-state index contributed by atoms with van der Waals surface area (Å²) in [7, 11) is 0. The molecule has 6 heteroatoms. The van der Waals surface area contributed by atoms with E-state index in [4.69, 9.17) is 0 Å². The molecule has 4 aliphatic heterocycles. The summed E-state index contributed by atoms with van der Waals surface area (Å²) in [5.41, 5.74) is 0. The van der Waals surface area contributed by atoms with Gasteiger partial charge in [-0.05, 0) is 38.8 Å². The number of rotatable bonds is 2. The monoisotopic (exact) mass is 328 g/mol. The highest BCUT2D eigenvalue weighted by molar-refractivity contribution is 5.51. The molecule has 4 aliphatic rings. The minimum absolute atomic E-state index is 0.735. The summed E-state index contributed by atoms with van der Waals surface area (Å²) in [5.74, 6) is 2.25. The highest BCUT2D eigenvalue weighted by Gasteiger charge is 2.33. The van der Waals surface area contributed by atoms with E-state index in [2.05, 4.69) is 35.6 Å². The first kappa shape index (κ1) is 14.9. The van der Waals surface area contributed by atoms with Gasteiger partial charge < -0.3 is 9.80 Å². The highest BCUT2D eigenvalue weighted by atomic mass is 15.3. The van der Waals surface area contributed by atoms with Crippen LogP contribution in [-0.4, -0.2) is 84.2 Å². The van der Waals surface area contributed by atoms with Crippen molar-refractivity contribution in [3.8, 4) is 0 Å². The third-order valence-corrected chi connectivity index (χ3v) is 6.46. The van der Waals surface area contributed by atoms with E-state index in [-0.39, 0.29) is 0 Å². The molecule has 0 radical (unpaired) electrons. The minimum Gasteiger partial charge on any atom is -0.354 e. The number of fused-ring (bicyclic) bond motifs is 2. The van der Waals surface area contributed by atoms with E-state index in [1.165, 1.54) is 51.9 Å². The molecular weight excluding hydrogens is 300 g/mol. The van der Waals surface area contributed by atoms with Crippen LogP contribution in [0.15, 0.2) is 12.4 Å². The van der Waals surface area contributed by atoms with E-state index < -0.39 is 0 Å². The van der Waals surface area contributed by atoms with Crippen LogP contribution in [0.3, 0.4) is 0 Å². The Balaban J connectivity index is 1.31. The summed E-state index contributed by atoms with van der Waals surface area (Å²) in [6.07, 6.45) is 7.18. The van der Waals surface area contributed by atoms with Gasteiger partial charge >= 0.3 is 0 Å². The lowest BCUT2D eigenvalue weighted by Gasteiger charge is -2.39. The Morgan fingerprint density at radius 1 is 0.708 bits per heavy atom. The smallest absolute Gasteiger partial charge is 0.134 e. The molecule has 0 amide bonds. The SMILES string of the molecule is c1nc(N2CCN3CCC[C@@H]3C2)cc(N2CCN3CCC[C@@H]3C2)n1. The first-order valence-electron chi connectivity index (χ1n) is 9.67. The van der Waals surface area contributed by atoms with E-state index in [9.17, 15) is 0 Å². The molecule has 5 rings (SSSR count). The van der Waals surface area contributed by atoms with Gasteiger partial charge in [0.1, 0.15) is 18.0 Å². The Labute approximate surface area is 144 Å². The summed E-state index contributed by atoms with van der Waals surface area (Å²) in [5, 5.41) is 0. The normalized spacial score (nSPS) is 31.3. The highest BCUT2D eigenvalue weighted by Crippen LogP contribution is 2.28. The van der Waals surface area contributed by atoms with Gasteiger partial charge in [-0.2, -0.15) is 0 Å². The van der Waals surface area contributed by atoms with Gasteiger partial charge in [-0.3, -0.25) is 9.80 Å². The summed E-state index contributed by atoms with van der Waals surface area (Å²) in [6, 6.07) is 3.70. The molecule has 24 heavy (non-hydrogen) atoms. The van der Waals surface area contributed by atoms with Gasteiger partial charge in [0.05, 0.1) is 0 Å². The van der Waals surface area contributed by atoms with Crippen LogP contribution in [0.2, 0.25) is 0 Å². The fraction of sp³-hybridized carbons (Fsp3) is 0.778.